The van der Waals surface area contributed by atoms with Gasteiger partial charge in [-0.15, -0.1) is 0 Å². The molecular weight excluding hydrogens is 284 g/mol. The van der Waals surface area contributed by atoms with Crippen LogP contribution in [0.3, 0.4) is 0 Å². The molecule has 0 aliphatic rings. The maximum absolute atomic E-state index is 5.97. The van der Waals surface area contributed by atoms with Crippen LogP contribution >= 0.6 is 11.6 Å². The van der Waals surface area contributed by atoms with Crippen LogP contribution in [0.5, 0.6) is 0 Å². The SMILES string of the molecule is Clc1cccc(CNCc2ccnc(-n3cccn3)c2)c1. The van der Waals surface area contributed by atoms with Gasteiger partial charge in [-0.2, -0.15) is 5.10 Å². The first-order valence-electron chi connectivity index (χ1n) is 6.71. The highest BCUT2D eigenvalue weighted by Crippen LogP contribution is 2.11. The highest BCUT2D eigenvalue weighted by molar-refractivity contribution is 6.30. The van der Waals surface area contributed by atoms with E-state index in [0.717, 1.165) is 29.5 Å². The first-order chi connectivity index (χ1) is 10.3. The van der Waals surface area contributed by atoms with Crippen molar-refractivity contribution in [3.63, 3.8) is 0 Å². The van der Waals surface area contributed by atoms with Crippen molar-refractivity contribution < 1.29 is 0 Å². The van der Waals surface area contributed by atoms with Crippen LogP contribution in [0.25, 0.3) is 5.82 Å². The van der Waals surface area contributed by atoms with E-state index < -0.39 is 0 Å². The lowest BCUT2D eigenvalue weighted by atomic mass is 10.2. The van der Waals surface area contributed by atoms with Gasteiger partial charge in [0.2, 0.25) is 0 Å². The average Bonchev–Trinajstić information content (AvgIpc) is 3.02. The summed E-state index contributed by atoms with van der Waals surface area (Å²) in [7, 11) is 0. The number of halogens is 1. The minimum Gasteiger partial charge on any atom is -0.309 e. The number of pyridine rings is 1. The molecule has 5 heteroatoms. The summed E-state index contributed by atoms with van der Waals surface area (Å²) in [6.45, 7) is 1.54. The molecule has 0 atom stereocenters. The summed E-state index contributed by atoms with van der Waals surface area (Å²) in [6.07, 6.45) is 5.42. The van der Waals surface area contributed by atoms with Gasteiger partial charge >= 0.3 is 0 Å². The van der Waals surface area contributed by atoms with E-state index in [2.05, 4.69) is 21.5 Å². The molecule has 0 unspecified atom stereocenters. The Morgan fingerprint density at radius 3 is 2.62 bits per heavy atom. The van der Waals surface area contributed by atoms with E-state index >= 15 is 0 Å². The first-order valence-corrected chi connectivity index (χ1v) is 7.09. The Morgan fingerprint density at radius 1 is 1.00 bits per heavy atom. The molecule has 3 aromatic rings. The van der Waals surface area contributed by atoms with Gasteiger partial charge in [0, 0.05) is 36.7 Å². The number of nitrogens with zero attached hydrogens (tertiary/aromatic N) is 3. The monoisotopic (exact) mass is 298 g/mol. The van der Waals surface area contributed by atoms with Crippen molar-refractivity contribution in [2.45, 2.75) is 13.1 Å². The largest absolute Gasteiger partial charge is 0.309 e. The van der Waals surface area contributed by atoms with Crippen LogP contribution in [0.1, 0.15) is 11.1 Å². The molecule has 1 aromatic carbocycles. The molecule has 3 rings (SSSR count). The molecule has 2 aromatic heterocycles. The molecule has 2 heterocycles. The van der Waals surface area contributed by atoms with Crippen LogP contribution in [0.4, 0.5) is 0 Å². The lowest BCUT2D eigenvalue weighted by Crippen LogP contribution is -2.13. The molecule has 106 valence electrons. The predicted octanol–water partition coefficient (Wildman–Crippen LogP) is 3.21. The second-order valence-electron chi connectivity index (χ2n) is 4.71. The lowest BCUT2D eigenvalue weighted by molar-refractivity contribution is 0.691. The number of hydrogen-bond acceptors (Lipinski definition) is 3. The van der Waals surface area contributed by atoms with E-state index in [-0.39, 0.29) is 0 Å². The van der Waals surface area contributed by atoms with Crippen LogP contribution in [0.2, 0.25) is 5.02 Å². The molecule has 0 fully saturated rings. The number of hydrogen-bond donors (Lipinski definition) is 1. The highest BCUT2D eigenvalue weighted by atomic mass is 35.5. The minimum atomic E-state index is 0.763. The quantitative estimate of drug-likeness (QED) is 0.786. The van der Waals surface area contributed by atoms with Gasteiger partial charge in [0.15, 0.2) is 5.82 Å². The van der Waals surface area contributed by atoms with Gasteiger partial charge in [-0.3, -0.25) is 0 Å². The average molecular weight is 299 g/mol. The Bertz CT molecular complexity index is 710. The molecule has 0 bridgehead atoms. The molecule has 0 spiro atoms. The third kappa shape index (κ3) is 3.68. The van der Waals surface area contributed by atoms with Crippen molar-refractivity contribution >= 4 is 11.6 Å². The zero-order valence-corrected chi connectivity index (χ0v) is 12.2. The van der Waals surface area contributed by atoms with Crippen LogP contribution in [0.15, 0.2) is 61.1 Å². The molecule has 21 heavy (non-hydrogen) atoms. The molecule has 4 nitrogen and oxygen atoms in total. The van der Waals surface area contributed by atoms with Gasteiger partial charge in [0.1, 0.15) is 0 Å². The summed E-state index contributed by atoms with van der Waals surface area (Å²) in [5.74, 6) is 0.821. The fourth-order valence-corrected chi connectivity index (χ4v) is 2.31. The smallest absolute Gasteiger partial charge is 0.153 e. The Labute approximate surface area is 128 Å². The second-order valence-corrected chi connectivity index (χ2v) is 5.14. The molecule has 0 saturated heterocycles. The van der Waals surface area contributed by atoms with Crippen LogP contribution in [-0.4, -0.2) is 14.8 Å². The molecule has 0 aliphatic heterocycles. The summed E-state index contributed by atoms with van der Waals surface area (Å²) in [5, 5.41) is 8.35. The first kappa shape index (κ1) is 13.8. The molecular formula is C16H15ClN4. The number of rotatable bonds is 5. The topological polar surface area (TPSA) is 42.7 Å². The molecule has 0 aliphatic carbocycles. The number of benzene rings is 1. The fourth-order valence-electron chi connectivity index (χ4n) is 2.10. The molecule has 0 amide bonds. The van der Waals surface area contributed by atoms with Gasteiger partial charge in [-0.1, -0.05) is 23.7 Å². The van der Waals surface area contributed by atoms with E-state index in [0.29, 0.717) is 0 Å². The van der Waals surface area contributed by atoms with Crippen molar-refractivity contribution in [1.29, 1.82) is 0 Å². The Morgan fingerprint density at radius 2 is 1.86 bits per heavy atom. The third-order valence-electron chi connectivity index (χ3n) is 3.10. The van der Waals surface area contributed by atoms with E-state index in [9.17, 15) is 0 Å². The number of nitrogens with one attached hydrogen (secondary N) is 1. The van der Waals surface area contributed by atoms with Crippen LogP contribution in [0, 0.1) is 0 Å². The molecule has 0 radical (unpaired) electrons. The fraction of sp³-hybridized carbons (Fsp3) is 0.125. The zero-order valence-electron chi connectivity index (χ0n) is 11.4. The molecule has 0 saturated carbocycles. The summed E-state index contributed by atoms with van der Waals surface area (Å²) in [6, 6.07) is 13.8. The standard InChI is InChI=1S/C16H15ClN4/c17-15-4-1-3-13(9-15)11-18-12-14-5-7-19-16(10-14)21-8-2-6-20-21/h1-10,18H,11-12H2. The van der Waals surface area contributed by atoms with Crippen LogP contribution < -0.4 is 5.32 Å². The van der Waals surface area contributed by atoms with E-state index in [1.54, 1.807) is 17.1 Å². The third-order valence-corrected chi connectivity index (χ3v) is 3.33. The molecule has 1 N–H and O–H groups in total. The highest BCUT2D eigenvalue weighted by Gasteiger charge is 2.00. The van der Waals surface area contributed by atoms with Crippen LogP contribution in [-0.2, 0) is 13.1 Å². The maximum Gasteiger partial charge on any atom is 0.153 e. The maximum atomic E-state index is 5.97. The van der Waals surface area contributed by atoms with Gasteiger partial charge < -0.3 is 5.32 Å². The summed E-state index contributed by atoms with van der Waals surface area (Å²) in [4.78, 5) is 4.31. The van der Waals surface area contributed by atoms with Gasteiger partial charge in [-0.05, 0) is 41.5 Å². The van der Waals surface area contributed by atoms with E-state index in [1.807, 2.05) is 42.6 Å². The van der Waals surface area contributed by atoms with E-state index in [4.69, 9.17) is 11.6 Å². The normalized spacial score (nSPS) is 10.7. The van der Waals surface area contributed by atoms with Crippen molar-refractivity contribution in [2.24, 2.45) is 0 Å². The van der Waals surface area contributed by atoms with Crippen molar-refractivity contribution in [3.8, 4) is 5.82 Å². The lowest BCUT2D eigenvalue weighted by Gasteiger charge is -2.07. The second kappa shape index (κ2) is 6.52. The van der Waals surface area contributed by atoms with E-state index in [1.165, 1.54) is 5.56 Å². The van der Waals surface area contributed by atoms with Gasteiger partial charge in [0.25, 0.3) is 0 Å². The Kier molecular flexibility index (Phi) is 4.28. The number of aromatic nitrogens is 3. The van der Waals surface area contributed by atoms with Gasteiger partial charge in [0.05, 0.1) is 0 Å². The summed E-state index contributed by atoms with van der Waals surface area (Å²) in [5.41, 5.74) is 2.33. The zero-order chi connectivity index (χ0) is 14.5. The van der Waals surface area contributed by atoms with Gasteiger partial charge in [-0.25, -0.2) is 9.67 Å². The van der Waals surface area contributed by atoms with Crippen molar-refractivity contribution in [3.05, 3.63) is 77.2 Å². The Balaban J connectivity index is 1.62. The van der Waals surface area contributed by atoms with Crippen molar-refractivity contribution in [1.82, 2.24) is 20.1 Å². The summed E-state index contributed by atoms with van der Waals surface area (Å²) >= 11 is 5.97. The summed E-state index contributed by atoms with van der Waals surface area (Å²) < 4.78 is 1.75. The predicted molar refractivity (Wildman–Crippen MR) is 83.4 cm³/mol. The van der Waals surface area contributed by atoms with Crippen molar-refractivity contribution in [2.75, 3.05) is 0 Å². The Hall–Kier alpha value is -2.17. The minimum absolute atomic E-state index is 0.763.